The molecular weight excluding hydrogens is 246 g/mol. The second-order valence-corrected chi connectivity index (χ2v) is 5.56. The Bertz CT molecular complexity index is 458. The van der Waals surface area contributed by atoms with Crippen LogP contribution in [0, 0.1) is 23.0 Å². The molecule has 6 heteroatoms. The number of hydrogen-bond donors (Lipinski definition) is 2. The summed E-state index contributed by atoms with van der Waals surface area (Å²) in [7, 11) is 0. The standard InChI is InChI=1S/C13H21N3O3/c1-9(2)6-13(4,17)8-15-12-5-11(16(18)19)10(3)7-14-12/h5,7,9,17H,6,8H2,1-4H3,(H,14,15). The fraction of sp³-hybridized carbons (Fsp3) is 0.615. The van der Waals surface area contributed by atoms with Crippen LogP contribution in [0.25, 0.3) is 0 Å². The predicted molar refractivity (Wildman–Crippen MR) is 74.2 cm³/mol. The van der Waals surface area contributed by atoms with Crippen LogP contribution in [0.15, 0.2) is 12.3 Å². The number of hydrogen-bond acceptors (Lipinski definition) is 5. The summed E-state index contributed by atoms with van der Waals surface area (Å²) in [6.45, 7) is 7.75. The molecule has 1 aromatic rings. The van der Waals surface area contributed by atoms with E-state index in [9.17, 15) is 15.2 Å². The van der Waals surface area contributed by atoms with E-state index in [-0.39, 0.29) is 5.69 Å². The second kappa shape index (κ2) is 5.97. The van der Waals surface area contributed by atoms with Gasteiger partial charge in [0.15, 0.2) is 0 Å². The van der Waals surface area contributed by atoms with Crippen LogP contribution in [0.3, 0.4) is 0 Å². The lowest BCUT2D eigenvalue weighted by molar-refractivity contribution is -0.385. The number of nitro groups is 1. The van der Waals surface area contributed by atoms with Crippen LogP contribution in [0.1, 0.15) is 32.8 Å². The topological polar surface area (TPSA) is 88.3 Å². The van der Waals surface area contributed by atoms with E-state index in [2.05, 4.69) is 10.3 Å². The zero-order chi connectivity index (χ0) is 14.6. The Morgan fingerprint density at radius 2 is 2.21 bits per heavy atom. The lowest BCUT2D eigenvalue weighted by Crippen LogP contribution is -2.35. The molecule has 1 heterocycles. The van der Waals surface area contributed by atoms with Crippen LogP contribution in [-0.4, -0.2) is 27.2 Å². The van der Waals surface area contributed by atoms with E-state index in [0.29, 0.717) is 30.3 Å². The molecule has 0 saturated heterocycles. The first-order chi connectivity index (χ1) is 8.71. The van der Waals surface area contributed by atoms with Crippen LogP contribution in [-0.2, 0) is 0 Å². The quantitative estimate of drug-likeness (QED) is 0.610. The van der Waals surface area contributed by atoms with Gasteiger partial charge < -0.3 is 10.4 Å². The number of nitrogens with one attached hydrogen (secondary N) is 1. The van der Waals surface area contributed by atoms with Crippen molar-refractivity contribution in [2.75, 3.05) is 11.9 Å². The minimum atomic E-state index is -0.866. The maximum Gasteiger partial charge on any atom is 0.277 e. The number of aromatic nitrogens is 1. The summed E-state index contributed by atoms with van der Waals surface area (Å²) in [5, 5.41) is 23.9. The molecule has 1 unspecified atom stereocenters. The van der Waals surface area contributed by atoms with Gasteiger partial charge in [0.2, 0.25) is 0 Å². The molecule has 0 aliphatic carbocycles. The molecule has 0 radical (unpaired) electrons. The molecule has 19 heavy (non-hydrogen) atoms. The van der Waals surface area contributed by atoms with E-state index in [1.807, 2.05) is 13.8 Å². The van der Waals surface area contributed by atoms with Gasteiger partial charge in [-0.25, -0.2) is 4.98 Å². The monoisotopic (exact) mass is 267 g/mol. The Balaban J connectivity index is 2.73. The zero-order valence-electron chi connectivity index (χ0n) is 11.8. The summed E-state index contributed by atoms with van der Waals surface area (Å²) in [6, 6.07) is 1.39. The molecule has 0 aliphatic heterocycles. The van der Waals surface area contributed by atoms with E-state index in [1.165, 1.54) is 12.3 Å². The highest BCUT2D eigenvalue weighted by molar-refractivity contribution is 5.49. The highest BCUT2D eigenvalue weighted by Crippen LogP contribution is 2.21. The summed E-state index contributed by atoms with van der Waals surface area (Å²) < 4.78 is 0. The average Bonchev–Trinajstić information content (AvgIpc) is 2.26. The van der Waals surface area contributed by atoms with Crippen LogP contribution in [0.2, 0.25) is 0 Å². The molecule has 1 aromatic heterocycles. The highest BCUT2D eigenvalue weighted by Gasteiger charge is 2.22. The number of aliphatic hydroxyl groups is 1. The molecular formula is C13H21N3O3. The molecule has 2 N–H and O–H groups in total. The van der Waals surface area contributed by atoms with Crippen molar-refractivity contribution in [3.05, 3.63) is 27.9 Å². The number of pyridine rings is 1. The normalized spacial score (nSPS) is 14.2. The molecule has 0 amide bonds. The number of anilines is 1. The Morgan fingerprint density at radius 3 is 2.74 bits per heavy atom. The SMILES string of the molecule is Cc1cnc(NCC(C)(O)CC(C)C)cc1[N+](=O)[O-]. The summed E-state index contributed by atoms with van der Waals surface area (Å²) >= 11 is 0. The molecule has 6 nitrogen and oxygen atoms in total. The zero-order valence-corrected chi connectivity index (χ0v) is 11.8. The molecule has 1 rings (SSSR count). The van der Waals surface area contributed by atoms with Crippen molar-refractivity contribution in [1.29, 1.82) is 0 Å². The van der Waals surface area contributed by atoms with Gasteiger partial charge in [0, 0.05) is 18.3 Å². The lowest BCUT2D eigenvalue weighted by Gasteiger charge is -2.25. The third kappa shape index (κ3) is 4.82. The maximum atomic E-state index is 10.8. The maximum absolute atomic E-state index is 10.8. The minimum absolute atomic E-state index is 0.0287. The van der Waals surface area contributed by atoms with Crippen LogP contribution >= 0.6 is 0 Å². The van der Waals surface area contributed by atoms with E-state index in [1.54, 1.807) is 13.8 Å². The number of aryl methyl sites for hydroxylation is 1. The summed E-state index contributed by atoms with van der Waals surface area (Å²) in [6.07, 6.45) is 2.10. The Morgan fingerprint density at radius 1 is 1.58 bits per heavy atom. The molecule has 1 atom stereocenters. The van der Waals surface area contributed by atoms with E-state index in [4.69, 9.17) is 0 Å². The largest absolute Gasteiger partial charge is 0.388 e. The molecule has 0 saturated carbocycles. The Kier molecular flexibility index (Phi) is 4.83. The lowest BCUT2D eigenvalue weighted by atomic mass is 9.94. The fourth-order valence-corrected chi connectivity index (χ4v) is 2.04. The van der Waals surface area contributed by atoms with Gasteiger partial charge in [-0.05, 0) is 26.2 Å². The molecule has 0 bridgehead atoms. The smallest absolute Gasteiger partial charge is 0.277 e. The van der Waals surface area contributed by atoms with Crippen LogP contribution in [0.5, 0.6) is 0 Å². The van der Waals surface area contributed by atoms with Gasteiger partial charge in [-0.15, -0.1) is 0 Å². The van der Waals surface area contributed by atoms with Gasteiger partial charge in [-0.1, -0.05) is 13.8 Å². The first-order valence-electron chi connectivity index (χ1n) is 6.28. The van der Waals surface area contributed by atoms with E-state index < -0.39 is 10.5 Å². The van der Waals surface area contributed by atoms with Gasteiger partial charge in [0.25, 0.3) is 5.69 Å². The molecule has 0 aromatic carbocycles. The van der Waals surface area contributed by atoms with Crippen molar-refractivity contribution in [3.63, 3.8) is 0 Å². The molecule has 0 fully saturated rings. The first-order valence-corrected chi connectivity index (χ1v) is 6.28. The predicted octanol–water partition coefficient (Wildman–Crippen LogP) is 2.51. The van der Waals surface area contributed by atoms with Gasteiger partial charge in [-0.2, -0.15) is 0 Å². The van der Waals surface area contributed by atoms with Crippen LogP contribution < -0.4 is 5.32 Å². The van der Waals surface area contributed by atoms with Crippen molar-refractivity contribution in [3.8, 4) is 0 Å². The summed E-state index contributed by atoms with van der Waals surface area (Å²) in [5.74, 6) is 0.776. The van der Waals surface area contributed by atoms with E-state index >= 15 is 0 Å². The van der Waals surface area contributed by atoms with Crippen molar-refractivity contribution in [2.45, 2.75) is 39.7 Å². The minimum Gasteiger partial charge on any atom is -0.388 e. The highest BCUT2D eigenvalue weighted by atomic mass is 16.6. The van der Waals surface area contributed by atoms with Gasteiger partial charge in [0.05, 0.1) is 16.6 Å². The number of rotatable bonds is 6. The van der Waals surface area contributed by atoms with E-state index in [0.717, 1.165) is 0 Å². The van der Waals surface area contributed by atoms with Crippen molar-refractivity contribution < 1.29 is 10.0 Å². The van der Waals surface area contributed by atoms with Crippen LogP contribution in [0.4, 0.5) is 11.5 Å². The molecule has 106 valence electrons. The Hall–Kier alpha value is -1.69. The number of nitrogens with zero attached hydrogens (tertiary/aromatic N) is 2. The van der Waals surface area contributed by atoms with Crippen molar-refractivity contribution in [2.24, 2.45) is 5.92 Å². The average molecular weight is 267 g/mol. The van der Waals surface area contributed by atoms with Gasteiger partial charge in [-0.3, -0.25) is 10.1 Å². The second-order valence-electron chi connectivity index (χ2n) is 5.56. The summed E-state index contributed by atoms with van der Waals surface area (Å²) in [4.78, 5) is 14.5. The van der Waals surface area contributed by atoms with Gasteiger partial charge >= 0.3 is 0 Å². The summed E-state index contributed by atoms with van der Waals surface area (Å²) in [5.41, 5.74) is -0.319. The third-order valence-electron chi connectivity index (χ3n) is 2.77. The third-order valence-corrected chi connectivity index (χ3v) is 2.77. The fourth-order valence-electron chi connectivity index (χ4n) is 2.04. The van der Waals surface area contributed by atoms with Gasteiger partial charge in [0.1, 0.15) is 5.82 Å². The first kappa shape index (κ1) is 15.4. The Labute approximate surface area is 113 Å². The molecule has 0 spiro atoms. The van der Waals surface area contributed by atoms with Crippen molar-refractivity contribution in [1.82, 2.24) is 4.98 Å². The van der Waals surface area contributed by atoms with Crippen molar-refractivity contribution >= 4 is 11.5 Å². The molecule has 0 aliphatic rings.